The van der Waals surface area contributed by atoms with Gasteiger partial charge in [0.05, 0.1) is 12.2 Å². The van der Waals surface area contributed by atoms with Crippen molar-refractivity contribution in [2.24, 2.45) is 0 Å². The van der Waals surface area contributed by atoms with E-state index in [1.54, 1.807) is 18.2 Å². The van der Waals surface area contributed by atoms with Crippen LogP contribution in [-0.4, -0.2) is 46.9 Å². The van der Waals surface area contributed by atoms with Crippen LogP contribution in [0.1, 0.15) is 28.8 Å². The smallest absolute Gasteiger partial charge is 0.261 e. The largest absolute Gasteiger partial charge is 0.395 e. The SMILES string of the molecule is C=C1c2cccc(NCCO)c2C(=O)N1C1CCC(=O)NC1=O. The number of rotatable bonds is 4. The number of aliphatic hydroxyl groups excluding tert-OH is 1. The third kappa shape index (κ3) is 2.49. The van der Waals surface area contributed by atoms with Gasteiger partial charge >= 0.3 is 0 Å². The number of nitrogens with zero attached hydrogens (tertiary/aromatic N) is 1. The molecule has 2 aliphatic heterocycles. The van der Waals surface area contributed by atoms with Crippen LogP contribution in [-0.2, 0) is 9.59 Å². The van der Waals surface area contributed by atoms with Crippen LogP contribution in [0.5, 0.6) is 0 Å². The van der Waals surface area contributed by atoms with E-state index in [1.807, 2.05) is 0 Å². The van der Waals surface area contributed by atoms with Crippen LogP contribution in [0.3, 0.4) is 0 Å². The van der Waals surface area contributed by atoms with Crippen LogP contribution in [0.25, 0.3) is 5.70 Å². The number of nitrogens with one attached hydrogen (secondary N) is 2. The van der Waals surface area contributed by atoms with Gasteiger partial charge in [-0.1, -0.05) is 18.7 Å². The van der Waals surface area contributed by atoms with Crippen molar-refractivity contribution >= 4 is 29.1 Å². The van der Waals surface area contributed by atoms with Gasteiger partial charge < -0.3 is 10.4 Å². The monoisotopic (exact) mass is 315 g/mol. The van der Waals surface area contributed by atoms with Gasteiger partial charge in [-0.3, -0.25) is 24.6 Å². The molecular formula is C16H17N3O4. The van der Waals surface area contributed by atoms with E-state index in [0.29, 0.717) is 29.1 Å². The third-order valence-corrected chi connectivity index (χ3v) is 4.05. The van der Waals surface area contributed by atoms with Crippen LogP contribution in [0.15, 0.2) is 24.8 Å². The Hall–Kier alpha value is -2.67. The first kappa shape index (κ1) is 15.2. The number of benzene rings is 1. The van der Waals surface area contributed by atoms with Crippen LogP contribution in [0.4, 0.5) is 5.69 Å². The molecule has 120 valence electrons. The first-order chi connectivity index (χ1) is 11.0. The van der Waals surface area contributed by atoms with Gasteiger partial charge in [-0.2, -0.15) is 0 Å². The highest BCUT2D eigenvalue weighted by atomic mass is 16.3. The van der Waals surface area contributed by atoms with Crippen molar-refractivity contribution < 1.29 is 19.5 Å². The van der Waals surface area contributed by atoms with Gasteiger partial charge in [0.25, 0.3) is 5.91 Å². The van der Waals surface area contributed by atoms with Crippen molar-refractivity contribution in [3.05, 3.63) is 35.9 Å². The summed E-state index contributed by atoms with van der Waals surface area (Å²) in [4.78, 5) is 37.5. The van der Waals surface area contributed by atoms with Crippen molar-refractivity contribution in [1.82, 2.24) is 10.2 Å². The number of imide groups is 1. The second-order valence-corrected chi connectivity index (χ2v) is 5.47. The molecule has 1 saturated heterocycles. The van der Waals surface area contributed by atoms with Gasteiger partial charge in [0.2, 0.25) is 11.8 Å². The summed E-state index contributed by atoms with van der Waals surface area (Å²) in [5.41, 5.74) is 2.14. The Morgan fingerprint density at radius 2 is 2.13 bits per heavy atom. The molecule has 0 radical (unpaired) electrons. The summed E-state index contributed by atoms with van der Waals surface area (Å²) < 4.78 is 0. The van der Waals surface area contributed by atoms with Crippen LogP contribution < -0.4 is 10.6 Å². The maximum atomic E-state index is 12.8. The van der Waals surface area contributed by atoms with Gasteiger partial charge in [0, 0.05) is 29.9 Å². The van der Waals surface area contributed by atoms with Crippen molar-refractivity contribution in [2.75, 3.05) is 18.5 Å². The molecule has 1 aromatic carbocycles. The molecule has 2 aliphatic rings. The molecule has 2 heterocycles. The molecule has 3 amide bonds. The van der Waals surface area contributed by atoms with Crippen molar-refractivity contribution in [2.45, 2.75) is 18.9 Å². The highest BCUT2D eigenvalue weighted by Crippen LogP contribution is 2.38. The Morgan fingerprint density at radius 1 is 1.35 bits per heavy atom. The fraction of sp³-hybridized carbons (Fsp3) is 0.312. The van der Waals surface area contributed by atoms with Crippen molar-refractivity contribution in [3.8, 4) is 0 Å². The number of amides is 3. The van der Waals surface area contributed by atoms with Crippen LogP contribution in [0.2, 0.25) is 0 Å². The van der Waals surface area contributed by atoms with Gasteiger partial charge in [-0.15, -0.1) is 0 Å². The van der Waals surface area contributed by atoms with Gasteiger partial charge in [0.15, 0.2) is 0 Å². The summed E-state index contributed by atoms with van der Waals surface area (Å²) in [6, 6.07) is 4.57. The number of aliphatic hydroxyl groups is 1. The molecule has 0 aromatic heterocycles. The zero-order chi connectivity index (χ0) is 16.6. The highest BCUT2D eigenvalue weighted by molar-refractivity contribution is 6.15. The van der Waals surface area contributed by atoms with E-state index in [4.69, 9.17) is 5.11 Å². The molecule has 7 heteroatoms. The first-order valence-corrected chi connectivity index (χ1v) is 7.39. The molecule has 23 heavy (non-hydrogen) atoms. The van der Waals surface area contributed by atoms with Crippen molar-refractivity contribution in [1.29, 1.82) is 0 Å². The second-order valence-electron chi connectivity index (χ2n) is 5.47. The summed E-state index contributed by atoms with van der Waals surface area (Å²) in [6.07, 6.45) is 0.474. The lowest BCUT2D eigenvalue weighted by molar-refractivity contribution is -0.136. The number of anilines is 1. The summed E-state index contributed by atoms with van der Waals surface area (Å²) in [5, 5.41) is 14.2. The predicted molar refractivity (Wildman–Crippen MR) is 83.4 cm³/mol. The average Bonchev–Trinajstić information content (AvgIpc) is 2.78. The number of piperidine rings is 1. The molecule has 7 nitrogen and oxygen atoms in total. The number of carbonyl (C=O) groups is 3. The first-order valence-electron chi connectivity index (χ1n) is 7.39. The number of hydrogen-bond acceptors (Lipinski definition) is 5. The molecule has 0 bridgehead atoms. The molecule has 1 unspecified atom stereocenters. The quantitative estimate of drug-likeness (QED) is 0.695. The van der Waals surface area contributed by atoms with E-state index in [-0.39, 0.29) is 31.3 Å². The molecule has 3 N–H and O–H groups in total. The zero-order valence-corrected chi connectivity index (χ0v) is 12.5. The fourth-order valence-corrected chi connectivity index (χ4v) is 2.99. The minimum absolute atomic E-state index is 0.0599. The third-order valence-electron chi connectivity index (χ3n) is 4.05. The van der Waals surface area contributed by atoms with Crippen LogP contribution >= 0.6 is 0 Å². The summed E-state index contributed by atoms with van der Waals surface area (Å²) in [5.74, 6) is -1.12. The maximum Gasteiger partial charge on any atom is 0.261 e. The molecule has 1 atom stereocenters. The number of hydrogen-bond donors (Lipinski definition) is 3. The Morgan fingerprint density at radius 3 is 2.83 bits per heavy atom. The molecule has 3 rings (SSSR count). The number of carbonyl (C=O) groups excluding carboxylic acids is 3. The topological polar surface area (TPSA) is 98.7 Å². The lowest BCUT2D eigenvalue weighted by atomic mass is 10.0. The molecule has 0 saturated carbocycles. The van der Waals surface area contributed by atoms with E-state index in [2.05, 4.69) is 17.2 Å². The van der Waals surface area contributed by atoms with E-state index < -0.39 is 11.9 Å². The highest BCUT2D eigenvalue weighted by Gasteiger charge is 2.42. The van der Waals surface area contributed by atoms with Crippen molar-refractivity contribution in [3.63, 3.8) is 0 Å². The normalized spacial score (nSPS) is 20.6. The minimum Gasteiger partial charge on any atom is -0.395 e. The molecule has 1 aromatic rings. The lowest BCUT2D eigenvalue weighted by Crippen LogP contribution is -2.52. The lowest BCUT2D eigenvalue weighted by Gasteiger charge is -2.30. The van der Waals surface area contributed by atoms with E-state index in [0.717, 1.165) is 0 Å². The Balaban J connectivity index is 1.94. The molecular weight excluding hydrogens is 298 g/mol. The fourth-order valence-electron chi connectivity index (χ4n) is 2.99. The average molecular weight is 315 g/mol. The Kier molecular flexibility index (Phi) is 3.87. The molecule has 1 fully saturated rings. The van der Waals surface area contributed by atoms with E-state index >= 15 is 0 Å². The predicted octanol–water partition coefficient (Wildman–Crippen LogP) is 0.322. The van der Waals surface area contributed by atoms with Crippen LogP contribution in [0, 0.1) is 0 Å². The van der Waals surface area contributed by atoms with Gasteiger partial charge in [-0.05, 0) is 12.5 Å². The van der Waals surface area contributed by atoms with E-state index in [1.165, 1.54) is 4.90 Å². The van der Waals surface area contributed by atoms with Gasteiger partial charge in [0.1, 0.15) is 6.04 Å². The van der Waals surface area contributed by atoms with Gasteiger partial charge in [-0.25, -0.2) is 0 Å². The zero-order valence-electron chi connectivity index (χ0n) is 12.5. The molecule has 0 aliphatic carbocycles. The minimum atomic E-state index is -0.731. The Labute approximate surface area is 133 Å². The van der Waals surface area contributed by atoms with E-state index in [9.17, 15) is 14.4 Å². The maximum absolute atomic E-state index is 12.8. The number of fused-ring (bicyclic) bond motifs is 1. The summed E-state index contributed by atoms with van der Waals surface area (Å²) >= 11 is 0. The summed E-state index contributed by atoms with van der Waals surface area (Å²) in [7, 11) is 0. The summed E-state index contributed by atoms with van der Waals surface area (Å²) in [6.45, 7) is 4.19. The standard InChI is InChI=1S/C16H17N3O4/c1-9-10-3-2-4-11(17-7-8-20)14(10)16(23)19(9)12-5-6-13(21)18-15(12)22/h2-4,12,17,20H,1,5-8H2,(H,18,21,22). The second kappa shape index (κ2) is 5.85. The Bertz CT molecular complexity index is 713. The molecule has 0 spiro atoms.